The van der Waals surface area contributed by atoms with Crippen molar-refractivity contribution in [2.75, 3.05) is 10.6 Å². The van der Waals surface area contributed by atoms with Crippen LogP contribution in [-0.4, -0.2) is 21.8 Å². The Bertz CT molecular complexity index is 1190. The Morgan fingerprint density at radius 3 is 2.43 bits per heavy atom. The van der Waals surface area contributed by atoms with Gasteiger partial charge in [-0.3, -0.25) is 14.9 Å². The van der Waals surface area contributed by atoms with Crippen molar-refractivity contribution in [1.29, 1.82) is 0 Å². The Hall–Kier alpha value is -3.30. The van der Waals surface area contributed by atoms with Crippen LogP contribution in [-0.2, 0) is 11.2 Å². The van der Waals surface area contributed by atoms with E-state index in [9.17, 15) is 9.59 Å². The lowest BCUT2D eigenvalue weighted by Crippen LogP contribution is -2.15. The number of hydrogen-bond acceptors (Lipinski definition) is 7. The Balaban J connectivity index is 1.34. The second kappa shape index (κ2) is 8.60. The Labute approximate surface area is 180 Å². The quantitative estimate of drug-likeness (QED) is 0.446. The fraction of sp³-hybridized carbons (Fsp3) is 0.143. The summed E-state index contributed by atoms with van der Waals surface area (Å²) in [7, 11) is 0. The maximum atomic E-state index is 12.4. The molecule has 0 bridgehead atoms. The number of carbonyl (C=O) groups excluding carboxylic acids is 2. The van der Waals surface area contributed by atoms with E-state index >= 15 is 0 Å². The van der Waals surface area contributed by atoms with Crippen molar-refractivity contribution < 1.29 is 14.0 Å². The lowest BCUT2D eigenvalue weighted by molar-refractivity contribution is -0.115. The van der Waals surface area contributed by atoms with Gasteiger partial charge in [-0.1, -0.05) is 29.8 Å². The molecule has 7 nitrogen and oxygen atoms in total. The number of aromatic nitrogens is 2. The molecule has 0 spiro atoms. The Morgan fingerprint density at radius 1 is 0.967 bits per heavy atom. The third-order valence-corrected chi connectivity index (χ3v) is 5.88. The van der Waals surface area contributed by atoms with E-state index in [0.717, 1.165) is 11.3 Å². The molecule has 0 saturated carbocycles. The first-order valence-corrected chi connectivity index (χ1v) is 10.9. The average molecular weight is 439 g/mol. The SMILES string of the molecule is Cc1ccc(-c2csc(NC(=O)Cc3csc(NC(=O)c4ccoc4C)n3)n2)cc1. The molecule has 152 valence electrons. The molecule has 4 rings (SSSR count). The molecule has 4 aromatic rings. The first-order chi connectivity index (χ1) is 14.5. The van der Waals surface area contributed by atoms with E-state index in [1.165, 1.54) is 34.5 Å². The molecular formula is C21H18N4O3S2. The van der Waals surface area contributed by atoms with Gasteiger partial charge in [-0.2, -0.15) is 0 Å². The molecule has 3 heterocycles. The predicted molar refractivity (Wildman–Crippen MR) is 118 cm³/mol. The number of nitrogens with one attached hydrogen (secondary N) is 2. The monoisotopic (exact) mass is 438 g/mol. The van der Waals surface area contributed by atoms with Gasteiger partial charge in [0.15, 0.2) is 10.3 Å². The predicted octanol–water partition coefficient (Wildman–Crippen LogP) is 4.91. The number of carbonyl (C=O) groups is 2. The van der Waals surface area contributed by atoms with E-state index in [-0.39, 0.29) is 18.2 Å². The van der Waals surface area contributed by atoms with Gasteiger partial charge in [0.25, 0.3) is 5.91 Å². The summed E-state index contributed by atoms with van der Waals surface area (Å²) in [6.07, 6.45) is 1.56. The number of anilines is 2. The molecule has 0 atom stereocenters. The zero-order chi connectivity index (χ0) is 21.1. The second-order valence-corrected chi connectivity index (χ2v) is 8.33. The number of amides is 2. The van der Waals surface area contributed by atoms with Gasteiger partial charge >= 0.3 is 0 Å². The first kappa shape index (κ1) is 20.0. The van der Waals surface area contributed by atoms with Crippen LogP contribution in [0.15, 0.2) is 51.8 Å². The van der Waals surface area contributed by atoms with Crippen LogP contribution in [0.3, 0.4) is 0 Å². The molecular weight excluding hydrogens is 420 g/mol. The normalized spacial score (nSPS) is 10.7. The molecule has 0 radical (unpaired) electrons. The number of hydrogen-bond donors (Lipinski definition) is 2. The molecule has 0 aliphatic heterocycles. The summed E-state index contributed by atoms with van der Waals surface area (Å²) < 4.78 is 5.14. The molecule has 3 aromatic heterocycles. The summed E-state index contributed by atoms with van der Waals surface area (Å²) >= 11 is 2.64. The zero-order valence-corrected chi connectivity index (χ0v) is 17.9. The van der Waals surface area contributed by atoms with Crippen molar-refractivity contribution in [2.24, 2.45) is 0 Å². The highest BCUT2D eigenvalue weighted by atomic mass is 32.1. The van der Waals surface area contributed by atoms with Crippen LogP contribution >= 0.6 is 22.7 Å². The van der Waals surface area contributed by atoms with Gasteiger partial charge in [0.05, 0.1) is 29.6 Å². The van der Waals surface area contributed by atoms with E-state index in [0.29, 0.717) is 27.3 Å². The third kappa shape index (κ3) is 4.64. The van der Waals surface area contributed by atoms with Crippen LogP contribution in [0.5, 0.6) is 0 Å². The van der Waals surface area contributed by atoms with E-state index < -0.39 is 0 Å². The molecule has 0 aliphatic carbocycles. The van der Waals surface area contributed by atoms with Gasteiger partial charge in [-0.15, -0.1) is 22.7 Å². The highest BCUT2D eigenvalue weighted by Crippen LogP contribution is 2.25. The molecule has 2 N–H and O–H groups in total. The summed E-state index contributed by atoms with van der Waals surface area (Å²) in [6.45, 7) is 3.75. The smallest absolute Gasteiger partial charge is 0.260 e. The number of rotatable bonds is 6. The van der Waals surface area contributed by atoms with E-state index in [1.807, 2.05) is 36.6 Å². The summed E-state index contributed by atoms with van der Waals surface area (Å²) in [5.41, 5.74) is 4.04. The number of aryl methyl sites for hydroxylation is 2. The minimum absolute atomic E-state index is 0.0938. The van der Waals surface area contributed by atoms with Crippen molar-refractivity contribution >= 4 is 44.8 Å². The average Bonchev–Trinajstić information content (AvgIpc) is 3.44. The summed E-state index contributed by atoms with van der Waals surface area (Å²) in [6, 6.07) is 9.67. The van der Waals surface area contributed by atoms with Gasteiger partial charge in [-0.25, -0.2) is 9.97 Å². The lowest BCUT2D eigenvalue weighted by Gasteiger charge is -2.01. The highest BCUT2D eigenvalue weighted by Gasteiger charge is 2.15. The zero-order valence-electron chi connectivity index (χ0n) is 16.3. The topological polar surface area (TPSA) is 97.1 Å². The van der Waals surface area contributed by atoms with Crippen molar-refractivity contribution in [1.82, 2.24) is 9.97 Å². The van der Waals surface area contributed by atoms with E-state index in [2.05, 4.69) is 20.6 Å². The fourth-order valence-corrected chi connectivity index (χ4v) is 4.19. The van der Waals surface area contributed by atoms with Crippen LogP contribution < -0.4 is 10.6 Å². The van der Waals surface area contributed by atoms with Crippen molar-refractivity contribution in [3.8, 4) is 11.3 Å². The van der Waals surface area contributed by atoms with Crippen LogP contribution in [0.1, 0.15) is 27.4 Å². The van der Waals surface area contributed by atoms with Crippen LogP contribution in [0.25, 0.3) is 11.3 Å². The fourth-order valence-electron chi connectivity index (χ4n) is 2.75. The Morgan fingerprint density at radius 2 is 1.70 bits per heavy atom. The molecule has 0 unspecified atom stereocenters. The van der Waals surface area contributed by atoms with Gasteiger partial charge in [0, 0.05) is 16.3 Å². The van der Waals surface area contributed by atoms with Crippen molar-refractivity contribution in [3.63, 3.8) is 0 Å². The summed E-state index contributed by atoms with van der Waals surface area (Å²) in [4.78, 5) is 33.4. The first-order valence-electron chi connectivity index (χ1n) is 9.10. The molecule has 0 fully saturated rings. The van der Waals surface area contributed by atoms with Crippen LogP contribution in [0.2, 0.25) is 0 Å². The largest absolute Gasteiger partial charge is 0.469 e. The Kier molecular flexibility index (Phi) is 5.73. The summed E-state index contributed by atoms with van der Waals surface area (Å²) in [5.74, 6) is 0.0313. The molecule has 0 aliphatic rings. The van der Waals surface area contributed by atoms with Crippen LogP contribution in [0.4, 0.5) is 10.3 Å². The van der Waals surface area contributed by atoms with E-state index in [4.69, 9.17) is 4.42 Å². The summed E-state index contributed by atoms with van der Waals surface area (Å²) in [5, 5.41) is 10.2. The maximum absolute atomic E-state index is 12.4. The third-order valence-electron chi connectivity index (χ3n) is 4.32. The minimum atomic E-state index is -0.293. The lowest BCUT2D eigenvalue weighted by atomic mass is 10.1. The van der Waals surface area contributed by atoms with Crippen LogP contribution in [0, 0.1) is 13.8 Å². The molecule has 0 saturated heterocycles. The number of nitrogens with zero attached hydrogens (tertiary/aromatic N) is 2. The van der Waals surface area contributed by atoms with Crippen molar-refractivity contribution in [2.45, 2.75) is 20.3 Å². The second-order valence-electron chi connectivity index (χ2n) is 6.62. The maximum Gasteiger partial charge on any atom is 0.260 e. The standard InChI is InChI=1S/C21H18N4O3S2/c1-12-3-5-14(6-4-12)17-11-30-21(23-17)24-18(26)9-15-10-29-20(22-15)25-19(27)16-7-8-28-13(16)2/h3-8,10-11H,9H2,1-2H3,(H,22,25,27)(H,23,24,26). The van der Waals surface area contributed by atoms with Gasteiger partial charge in [-0.05, 0) is 19.9 Å². The molecule has 2 amide bonds. The minimum Gasteiger partial charge on any atom is -0.469 e. The van der Waals surface area contributed by atoms with Gasteiger partial charge < -0.3 is 9.73 Å². The molecule has 30 heavy (non-hydrogen) atoms. The van der Waals surface area contributed by atoms with E-state index in [1.54, 1.807) is 18.4 Å². The number of furan rings is 1. The molecule has 1 aromatic carbocycles. The number of benzene rings is 1. The molecule has 9 heteroatoms. The van der Waals surface area contributed by atoms with Gasteiger partial charge in [0.1, 0.15) is 5.76 Å². The highest BCUT2D eigenvalue weighted by molar-refractivity contribution is 7.14. The van der Waals surface area contributed by atoms with Crippen molar-refractivity contribution in [3.05, 3.63) is 69.9 Å². The van der Waals surface area contributed by atoms with Gasteiger partial charge in [0.2, 0.25) is 5.91 Å². The number of thiazole rings is 2.